The van der Waals surface area contributed by atoms with Crippen LogP contribution in [0, 0.1) is 0 Å². The maximum atomic E-state index is 12.9. The summed E-state index contributed by atoms with van der Waals surface area (Å²) in [6, 6.07) is 7.10. The number of carbonyl (C=O) groups is 2. The highest BCUT2D eigenvalue weighted by atomic mass is 16.5. The van der Waals surface area contributed by atoms with Crippen LogP contribution < -0.4 is 10.1 Å². The van der Waals surface area contributed by atoms with Gasteiger partial charge in [0.1, 0.15) is 5.75 Å². The molecule has 2 saturated heterocycles. The SMILES string of the molecule is COCCNC(=O)[C@@H]1C[C@@H](O)CN1C1CCN(C(=O)c2ccccc2OC)CC1. The lowest BCUT2D eigenvalue weighted by Gasteiger charge is -2.39. The number of hydrogen-bond acceptors (Lipinski definition) is 6. The molecule has 0 bridgehead atoms. The van der Waals surface area contributed by atoms with Crippen molar-refractivity contribution in [2.24, 2.45) is 0 Å². The van der Waals surface area contributed by atoms with E-state index in [1.165, 1.54) is 0 Å². The van der Waals surface area contributed by atoms with E-state index in [2.05, 4.69) is 10.2 Å². The lowest BCUT2D eigenvalue weighted by molar-refractivity contribution is -0.126. The van der Waals surface area contributed by atoms with Crippen molar-refractivity contribution in [3.05, 3.63) is 29.8 Å². The molecule has 2 aliphatic heterocycles. The van der Waals surface area contributed by atoms with Gasteiger partial charge in [-0.1, -0.05) is 12.1 Å². The molecule has 8 heteroatoms. The number of aliphatic hydroxyl groups is 1. The third kappa shape index (κ3) is 5.07. The number of ether oxygens (including phenoxy) is 2. The largest absolute Gasteiger partial charge is 0.496 e. The molecule has 2 aliphatic rings. The van der Waals surface area contributed by atoms with Crippen molar-refractivity contribution < 1.29 is 24.2 Å². The summed E-state index contributed by atoms with van der Waals surface area (Å²) < 4.78 is 10.3. The van der Waals surface area contributed by atoms with Crippen LogP contribution in [0.3, 0.4) is 0 Å². The summed E-state index contributed by atoms with van der Waals surface area (Å²) in [4.78, 5) is 29.4. The molecule has 0 saturated carbocycles. The molecule has 0 aromatic heterocycles. The Bertz CT molecular complexity index is 705. The van der Waals surface area contributed by atoms with Crippen LogP contribution in [0.25, 0.3) is 0 Å². The van der Waals surface area contributed by atoms with Crippen LogP contribution in [-0.4, -0.2) is 91.9 Å². The van der Waals surface area contributed by atoms with Crippen molar-refractivity contribution in [1.29, 1.82) is 0 Å². The minimum atomic E-state index is -0.499. The Kier molecular flexibility index (Phi) is 7.46. The van der Waals surface area contributed by atoms with Crippen LogP contribution >= 0.6 is 0 Å². The predicted octanol–water partition coefficient (Wildman–Crippen LogP) is 0.498. The highest BCUT2D eigenvalue weighted by Gasteiger charge is 2.41. The Labute approximate surface area is 171 Å². The molecule has 2 heterocycles. The van der Waals surface area contributed by atoms with Crippen LogP contribution in [0.15, 0.2) is 24.3 Å². The van der Waals surface area contributed by atoms with Crippen molar-refractivity contribution in [1.82, 2.24) is 15.1 Å². The quantitative estimate of drug-likeness (QED) is 0.642. The monoisotopic (exact) mass is 405 g/mol. The number of nitrogens with zero attached hydrogens (tertiary/aromatic N) is 2. The molecule has 2 N–H and O–H groups in total. The van der Waals surface area contributed by atoms with Crippen LogP contribution in [-0.2, 0) is 9.53 Å². The number of aliphatic hydroxyl groups excluding tert-OH is 1. The van der Waals surface area contributed by atoms with E-state index in [4.69, 9.17) is 9.47 Å². The summed E-state index contributed by atoms with van der Waals surface area (Å²) in [6.07, 6.45) is 1.49. The van der Waals surface area contributed by atoms with E-state index in [1.807, 2.05) is 17.0 Å². The molecule has 2 atom stereocenters. The fraction of sp³-hybridized carbons (Fsp3) is 0.619. The van der Waals surface area contributed by atoms with E-state index >= 15 is 0 Å². The average molecular weight is 405 g/mol. The van der Waals surface area contributed by atoms with Crippen molar-refractivity contribution in [3.8, 4) is 5.75 Å². The van der Waals surface area contributed by atoms with Crippen molar-refractivity contribution in [2.45, 2.75) is 37.5 Å². The second-order valence-corrected chi connectivity index (χ2v) is 7.61. The first kappa shape index (κ1) is 21.5. The topological polar surface area (TPSA) is 91.3 Å². The fourth-order valence-corrected chi connectivity index (χ4v) is 4.29. The van der Waals surface area contributed by atoms with Crippen molar-refractivity contribution in [3.63, 3.8) is 0 Å². The van der Waals surface area contributed by atoms with Gasteiger partial charge in [-0.05, 0) is 31.4 Å². The molecule has 160 valence electrons. The molecule has 1 aromatic carbocycles. The molecule has 2 amide bonds. The zero-order valence-corrected chi connectivity index (χ0v) is 17.2. The van der Waals surface area contributed by atoms with Gasteiger partial charge in [0.25, 0.3) is 5.91 Å². The van der Waals surface area contributed by atoms with Crippen molar-refractivity contribution in [2.75, 3.05) is 47.0 Å². The third-order valence-electron chi connectivity index (χ3n) is 5.78. The van der Waals surface area contributed by atoms with Gasteiger partial charge >= 0.3 is 0 Å². The first-order valence-electron chi connectivity index (χ1n) is 10.2. The van der Waals surface area contributed by atoms with Crippen LogP contribution in [0.2, 0.25) is 0 Å². The van der Waals surface area contributed by atoms with Gasteiger partial charge in [-0.3, -0.25) is 14.5 Å². The number of amides is 2. The average Bonchev–Trinajstić information content (AvgIpc) is 3.15. The Morgan fingerprint density at radius 2 is 1.93 bits per heavy atom. The highest BCUT2D eigenvalue weighted by Crippen LogP contribution is 2.28. The molecule has 0 unspecified atom stereocenters. The normalized spacial score (nSPS) is 23.2. The molecule has 3 rings (SSSR count). The van der Waals surface area contributed by atoms with Gasteiger partial charge in [-0.2, -0.15) is 0 Å². The van der Waals surface area contributed by atoms with Gasteiger partial charge in [0.2, 0.25) is 5.91 Å². The van der Waals surface area contributed by atoms with E-state index in [0.29, 0.717) is 50.5 Å². The lowest BCUT2D eigenvalue weighted by atomic mass is 10.0. The molecule has 8 nitrogen and oxygen atoms in total. The Hall–Kier alpha value is -2.16. The number of likely N-dealkylation sites (tertiary alicyclic amines) is 2. The second-order valence-electron chi connectivity index (χ2n) is 7.61. The minimum Gasteiger partial charge on any atom is -0.496 e. The summed E-state index contributed by atoms with van der Waals surface area (Å²) in [5, 5.41) is 13.0. The maximum absolute atomic E-state index is 12.9. The number of nitrogens with one attached hydrogen (secondary N) is 1. The van der Waals surface area contributed by atoms with E-state index in [9.17, 15) is 14.7 Å². The smallest absolute Gasteiger partial charge is 0.257 e. The van der Waals surface area contributed by atoms with E-state index in [0.717, 1.165) is 12.8 Å². The number of β-amino-alcohol motifs (C(OH)–C–C–N with tert-alkyl or cyclic N) is 1. The van der Waals surface area contributed by atoms with Gasteiger partial charge in [0, 0.05) is 39.3 Å². The first-order valence-corrected chi connectivity index (χ1v) is 10.2. The van der Waals surface area contributed by atoms with Gasteiger partial charge in [0.15, 0.2) is 0 Å². The maximum Gasteiger partial charge on any atom is 0.257 e. The molecule has 29 heavy (non-hydrogen) atoms. The number of rotatable bonds is 7. The number of hydrogen-bond donors (Lipinski definition) is 2. The predicted molar refractivity (Wildman–Crippen MR) is 108 cm³/mol. The highest BCUT2D eigenvalue weighted by molar-refractivity contribution is 5.97. The number of carbonyl (C=O) groups excluding carboxylic acids is 2. The van der Waals surface area contributed by atoms with Crippen LogP contribution in [0.4, 0.5) is 0 Å². The Morgan fingerprint density at radius 3 is 2.62 bits per heavy atom. The first-order chi connectivity index (χ1) is 14.0. The summed E-state index contributed by atoms with van der Waals surface area (Å²) in [5.74, 6) is 0.484. The number of para-hydroxylation sites is 1. The van der Waals surface area contributed by atoms with Gasteiger partial charge in [-0.15, -0.1) is 0 Å². The zero-order valence-electron chi connectivity index (χ0n) is 17.2. The summed E-state index contributed by atoms with van der Waals surface area (Å²) in [5.41, 5.74) is 0.570. The molecule has 0 aliphatic carbocycles. The van der Waals surface area contributed by atoms with E-state index in [1.54, 1.807) is 26.4 Å². The minimum absolute atomic E-state index is 0.0313. The number of methoxy groups -OCH3 is 2. The molecule has 0 spiro atoms. The summed E-state index contributed by atoms with van der Waals surface area (Å²) in [6.45, 7) is 2.65. The third-order valence-corrected chi connectivity index (χ3v) is 5.78. The van der Waals surface area contributed by atoms with Crippen LogP contribution in [0.1, 0.15) is 29.6 Å². The second kappa shape index (κ2) is 10.0. The molecular weight excluding hydrogens is 374 g/mol. The summed E-state index contributed by atoms with van der Waals surface area (Å²) in [7, 11) is 3.16. The standard InChI is InChI=1S/C21H31N3O5/c1-28-12-9-22-20(26)18-13-16(25)14-24(18)15-7-10-23(11-8-15)21(27)17-5-3-4-6-19(17)29-2/h3-6,15-16,18,25H,7-14H2,1-2H3,(H,22,26)/t16-,18+/m1/s1. The van der Waals surface area contributed by atoms with E-state index in [-0.39, 0.29) is 23.9 Å². The molecule has 1 aromatic rings. The van der Waals surface area contributed by atoms with Gasteiger partial charge in [0.05, 0.1) is 31.4 Å². The molecule has 2 fully saturated rings. The van der Waals surface area contributed by atoms with E-state index < -0.39 is 6.10 Å². The van der Waals surface area contributed by atoms with Crippen molar-refractivity contribution >= 4 is 11.8 Å². The number of piperidine rings is 1. The lowest BCUT2D eigenvalue weighted by Crippen LogP contribution is -2.52. The van der Waals surface area contributed by atoms with Gasteiger partial charge < -0.3 is 24.8 Å². The van der Waals surface area contributed by atoms with Crippen LogP contribution in [0.5, 0.6) is 5.75 Å². The number of benzene rings is 1. The van der Waals surface area contributed by atoms with Gasteiger partial charge in [-0.25, -0.2) is 0 Å². The zero-order chi connectivity index (χ0) is 20.8. The summed E-state index contributed by atoms with van der Waals surface area (Å²) >= 11 is 0. The molecule has 0 radical (unpaired) electrons. The Morgan fingerprint density at radius 1 is 1.21 bits per heavy atom. The Balaban J connectivity index is 1.59. The fourth-order valence-electron chi connectivity index (χ4n) is 4.29. The molecular formula is C21H31N3O5.